The lowest BCUT2D eigenvalue weighted by Gasteiger charge is -2.19. The molecule has 54 heavy (non-hydrogen) atoms. The third kappa shape index (κ3) is 41.8. The second-order valence-corrected chi connectivity index (χ2v) is 16.5. The normalized spacial score (nSPS) is 13.2. The van der Waals surface area contributed by atoms with Crippen LogP contribution >= 0.6 is 0 Å². The van der Waals surface area contributed by atoms with Crippen LogP contribution in [0.4, 0.5) is 0 Å². The van der Waals surface area contributed by atoms with Crippen LogP contribution < -0.4 is 5.32 Å². The fraction of sp³-hybridized carbons (Fsp3) is 0.860. The molecule has 0 radical (unpaired) electrons. The lowest BCUT2D eigenvalue weighted by molar-refractivity contribution is -0.123. The SMILES string of the molecule is CCCCCCCCCCCC/C=C\CCCCCCCCCC(=O)NC(CO)C(O)/C=C/CC/C=C/CCCCCCCCCCCCCCCCC. The first-order valence-corrected chi connectivity index (χ1v) is 24.2. The molecule has 0 aromatic rings. The summed E-state index contributed by atoms with van der Waals surface area (Å²) >= 11 is 0. The second kappa shape index (κ2) is 46.0. The molecule has 0 heterocycles. The molecule has 4 heteroatoms. The highest BCUT2D eigenvalue weighted by Crippen LogP contribution is 2.15. The lowest BCUT2D eigenvalue weighted by atomic mass is 10.0. The van der Waals surface area contributed by atoms with Gasteiger partial charge in [-0.3, -0.25) is 4.79 Å². The smallest absolute Gasteiger partial charge is 0.220 e. The van der Waals surface area contributed by atoms with E-state index in [-0.39, 0.29) is 12.5 Å². The van der Waals surface area contributed by atoms with Crippen LogP contribution in [-0.2, 0) is 4.79 Å². The molecule has 0 aliphatic heterocycles. The van der Waals surface area contributed by atoms with Gasteiger partial charge in [0.2, 0.25) is 5.91 Å². The van der Waals surface area contributed by atoms with Gasteiger partial charge in [-0.1, -0.05) is 230 Å². The van der Waals surface area contributed by atoms with Crippen molar-refractivity contribution in [1.29, 1.82) is 0 Å². The second-order valence-electron chi connectivity index (χ2n) is 16.5. The summed E-state index contributed by atoms with van der Waals surface area (Å²) in [5.41, 5.74) is 0. The van der Waals surface area contributed by atoms with Crippen LogP contribution in [0.2, 0.25) is 0 Å². The molecule has 0 saturated heterocycles. The van der Waals surface area contributed by atoms with Crippen molar-refractivity contribution >= 4 is 5.91 Å². The first kappa shape index (κ1) is 52.6. The zero-order chi connectivity index (χ0) is 39.3. The van der Waals surface area contributed by atoms with E-state index in [0.717, 1.165) is 32.1 Å². The molecular formula is C50H95NO3. The molecule has 0 bridgehead atoms. The third-order valence-electron chi connectivity index (χ3n) is 11.1. The molecule has 0 aliphatic carbocycles. The average molecular weight is 758 g/mol. The Hall–Kier alpha value is -1.39. The molecule has 3 N–H and O–H groups in total. The van der Waals surface area contributed by atoms with E-state index in [4.69, 9.17) is 0 Å². The summed E-state index contributed by atoms with van der Waals surface area (Å²) in [4.78, 5) is 12.4. The van der Waals surface area contributed by atoms with Crippen molar-refractivity contribution in [3.8, 4) is 0 Å². The van der Waals surface area contributed by atoms with Gasteiger partial charge in [0.1, 0.15) is 0 Å². The zero-order valence-electron chi connectivity index (χ0n) is 36.5. The topological polar surface area (TPSA) is 69.6 Å². The Kier molecular flexibility index (Phi) is 44.8. The maximum absolute atomic E-state index is 12.4. The highest BCUT2D eigenvalue weighted by Gasteiger charge is 2.17. The van der Waals surface area contributed by atoms with Gasteiger partial charge < -0.3 is 15.5 Å². The number of carbonyl (C=O) groups excluding carboxylic acids is 1. The Labute approximate surface area is 338 Å². The number of aliphatic hydroxyl groups excluding tert-OH is 2. The van der Waals surface area contributed by atoms with Gasteiger partial charge in [0.15, 0.2) is 0 Å². The van der Waals surface area contributed by atoms with E-state index in [9.17, 15) is 15.0 Å². The molecule has 0 aliphatic rings. The minimum Gasteiger partial charge on any atom is -0.394 e. The quantitative estimate of drug-likeness (QED) is 0.0428. The Bertz CT molecular complexity index is 821. The number of aliphatic hydroxyl groups is 2. The van der Waals surface area contributed by atoms with Crippen LogP contribution in [0.1, 0.15) is 258 Å². The van der Waals surface area contributed by atoms with Gasteiger partial charge in [-0.25, -0.2) is 0 Å². The molecule has 0 spiro atoms. The largest absolute Gasteiger partial charge is 0.394 e. The third-order valence-corrected chi connectivity index (χ3v) is 11.1. The van der Waals surface area contributed by atoms with E-state index in [1.165, 1.54) is 205 Å². The van der Waals surface area contributed by atoms with Crippen LogP contribution in [0.3, 0.4) is 0 Å². The summed E-state index contributed by atoms with van der Waals surface area (Å²) in [6, 6.07) is -0.640. The van der Waals surface area contributed by atoms with Crippen molar-refractivity contribution in [3.63, 3.8) is 0 Å². The summed E-state index contributed by atoms with van der Waals surface area (Å²) in [6.07, 6.45) is 61.3. The van der Waals surface area contributed by atoms with Crippen LogP contribution in [0.5, 0.6) is 0 Å². The Morgan fingerprint density at radius 3 is 1.07 bits per heavy atom. The highest BCUT2D eigenvalue weighted by atomic mass is 16.3. The number of unbranched alkanes of at least 4 members (excludes halogenated alkanes) is 33. The van der Waals surface area contributed by atoms with Crippen LogP contribution in [0.25, 0.3) is 0 Å². The van der Waals surface area contributed by atoms with Gasteiger partial charge in [0.05, 0.1) is 18.8 Å². The molecule has 4 nitrogen and oxygen atoms in total. The fourth-order valence-electron chi connectivity index (χ4n) is 7.37. The van der Waals surface area contributed by atoms with E-state index in [1.54, 1.807) is 6.08 Å². The molecule has 0 aromatic heterocycles. The maximum Gasteiger partial charge on any atom is 0.220 e. The maximum atomic E-state index is 12.4. The summed E-state index contributed by atoms with van der Waals surface area (Å²) in [5.74, 6) is -0.0761. The molecule has 2 atom stereocenters. The Morgan fingerprint density at radius 1 is 0.426 bits per heavy atom. The van der Waals surface area contributed by atoms with Crippen molar-refractivity contribution in [2.75, 3.05) is 6.61 Å². The van der Waals surface area contributed by atoms with E-state index >= 15 is 0 Å². The Morgan fingerprint density at radius 2 is 0.722 bits per heavy atom. The zero-order valence-corrected chi connectivity index (χ0v) is 36.5. The molecule has 0 rings (SSSR count). The lowest BCUT2D eigenvalue weighted by Crippen LogP contribution is -2.45. The summed E-state index contributed by atoms with van der Waals surface area (Å²) in [7, 11) is 0. The first-order chi connectivity index (χ1) is 26.7. The first-order valence-electron chi connectivity index (χ1n) is 24.2. The number of rotatable bonds is 44. The minimum absolute atomic E-state index is 0.0761. The molecule has 0 saturated carbocycles. The molecule has 2 unspecified atom stereocenters. The standard InChI is InChI=1S/C50H95NO3/c1-3-5-7-9-11-13-15-17-19-21-23-25-27-29-31-33-35-37-39-41-43-45-49(53)48(47-52)51-50(54)46-44-42-40-38-36-34-32-30-28-26-24-22-20-18-16-14-12-10-8-6-4-2/h26,28,35,37,43,45,48-49,52-53H,3-25,27,29-34,36,38-42,44,46-47H2,1-2H3,(H,51,54)/b28-26-,37-35+,45-43+. The monoisotopic (exact) mass is 758 g/mol. The number of hydrogen-bond donors (Lipinski definition) is 3. The van der Waals surface area contributed by atoms with E-state index in [1.807, 2.05) is 6.08 Å². The van der Waals surface area contributed by atoms with Crippen LogP contribution in [0, 0.1) is 0 Å². The number of allylic oxidation sites excluding steroid dienone is 5. The average Bonchev–Trinajstić information content (AvgIpc) is 3.18. The van der Waals surface area contributed by atoms with Crippen molar-refractivity contribution in [1.82, 2.24) is 5.32 Å². The molecular weight excluding hydrogens is 663 g/mol. The van der Waals surface area contributed by atoms with Gasteiger partial charge in [-0.2, -0.15) is 0 Å². The van der Waals surface area contributed by atoms with E-state index in [0.29, 0.717) is 6.42 Å². The summed E-state index contributed by atoms with van der Waals surface area (Å²) in [5, 5.41) is 23.1. The van der Waals surface area contributed by atoms with Crippen LogP contribution in [0.15, 0.2) is 36.5 Å². The Balaban J connectivity index is 3.58. The minimum atomic E-state index is -0.863. The summed E-state index contributed by atoms with van der Waals surface area (Å²) < 4.78 is 0. The summed E-state index contributed by atoms with van der Waals surface area (Å²) in [6.45, 7) is 4.31. The van der Waals surface area contributed by atoms with Crippen LogP contribution in [-0.4, -0.2) is 34.9 Å². The predicted molar refractivity (Wildman–Crippen MR) is 239 cm³/mol. The van der Waals surface area contributed by atoms with Crippen molar-refractivity contribution < 1.29 is 15.0 Å². The van der Waals surface area contributed by atoms with Gasteiger partial charge in [-0.05, 0) is 57.8 Å². The van der Waals surface area contributed by atoms with Crippen molar-refractivity contribution in [3.05, 3.63) is 36.5 Å². The number of hydrogen-bond acceptors (Lipinski definition) is 3. The van der Waals surface area contributed by atoms with E-state index < -0.39 is 12.1 Å². The number of carbonyl (C=O) groups is 1. The van der Waals surface area contributed by atoms with Gasteiger partial charge in [-0.15, -0.1) is 0 Å². The van der Waals surface area contributed by atoms with E-state index in [2.05, 4.69) is 43.5 Å². The van der Waals surface area contributed by atoms with Gasteiger partial charge in [0.25, 0.3) is 0 Å². The molecule has 0 aromatic carbocycles. The van der Waals surface area contributed by atoms with Crippen molar-refractivity contribution in [2.45, 2.75) is 270 Å². The highest BCUT2D eigenvalue weighted by molar-refractivity contribution is 5.76. The number of amides is 1. The molecule has 318 valence electrons. The number of nitrogens with one attached hydrogen (secondary N) is 1. The molecule has 0 fully saturated rings. The van der Waals surface area contributed by atoms with Crippen molar-refractivity contribution in [2.24, 2.45) is 0 Å². The van der Waals surface area contributed by atoms with Gasteiger partial charge in [0, 0.05) is 6.42 Å². The fourth-order valence-corrected chi connectivity index (χ4v) is 7.37. The van der Waals surface area contributed by atoms with Gasteiger partial charge >= 0.3 is 0 Å². The molecule has 1 amide bonds. The predicted octanol–water partition coefficient (Wildman–Crippen LogP) is 15.4.